The van der Waals surface area contributed by atoms with Gasteiger partial charge in [-0.25, -0.2) is 0 Å². The molecule has 2 fully saturated rings. The minimum atomic E-state index is -3.38. The fourth-order valence-electron chi connectivity index (χ4n) is 2.82. The summed E-state index contributed by atoms with van der Waals surface area (Å²) in [4.78, 5) is 13.8. The summed E-state index contributed by atoms with van der Waals surface area (Å²) >= 11 is 0. The largest absolute Gasteiger partial charge is 0.351 e. The Kier molecular flexibility index (Phi) is 4.20. The summed E-state index contributed by atoms with van der Waals surface area (Å²) in [6.45, 7) is 4.31. The fourth-order valence-corrected chi connectivity index (χ4v) is 4.50. The van der Waals surface area contributed by atoms with Crippen LogP contribution in [-0.2, 0) is 10.2 Å². The molecule has 0 N–H and O–H groups in total. The van der Waals surface area contributed by atoms with E-state index in [0.717, 1.165) is 12.8 Å². The van der Waals surface area contributed by atoms with Gasteiger partial charge < -0.3 is 9.42 Å². The third kappa shape index (κ3) is 2.88. The second kappa shape index (κ2) is 5.98. The molecule has 0 aromatic carbocycles. The van der Waals surface area contributed by atoms with Crippen molar-refractivity contribution in [1.82, 2.24) is 18.7 Å². The molecule has 1 aromatic heterocycles. The van der Waals surface area contributed by atoms with Crippen LogP contribution in [-0.4, -0.2) is 72.3 Å². The molecule has 3 heterocycles. The molecule has 0 saturated carbocycles. The molecule has 0 unspecified atom stereocenters. The summed E-state index contributed by atoms with van der Waals surface area (Å²) in [6, 6.07) is 1.59. The van der Waals surface area contributed by atoms with Crippen molar-refractivity contribution in [2.75, 3.05) is 39.3 Å². The van der Waals surface area contributed by atoms with E-state index in [4.69, 9.17) is 4.52 Å². The van der Waals surface area contributed by atoms with E-state index in [9.17, 15) is 13.2 Å². The Labute approximate surface area is 129 Å². The zero-order valence-electron chi connectivity index (χ0n) is 12.6. The van der Waals surface area contributed by atoms with E-state index in [1.54, 1.807) is 17.9 Å². The summed E-state index contributed by atoms with van der Waals surface area (Å²) < 4.78 is 32.9. The van der Waals surface area contributed by atoms with E-state index in [2.05, 4.69) is 5.16 Å². The molecular formula is C13H20N4O4S. The highest BCUT2D eigenvalue weighted by Gasteiger charge is 2.35. The van der Waals surface area contributed by atoms with E-state index in [1.807, 2.05) is 0 Å². The van der Waals surface area contributed by atoms with Gasteiger partial charge in [0.25, 0.3) is 16.1 Å². The van der Waals surface area contributed by atoms with E-state index >= 15 is 0 Å². The highest BCUT2D eigenvalue weighted by atomic mass is 32.2. The van der Waals surface area contributed by atoms with E-state index in [0.29, 0.717) is 45.0 Å². The molecule has 0 spiro atoms. The van der Waals surface area contributed by atoms with Gasteiger partial charge in [0, 0.05) is 45.3 Å². The van der Waals surface area contributed by atoms with Crippen LogP contribution in [0.3, 0.4) is 0 Å². The minimum Gasteiger partial charge on any atom is -0.351 e. The Morgan fingerprint density at radius 1 is 1.09 bits per heavy atom. The van der Waals surface area contributed by atoms with Crippen LogP contribution in [0.15, 0.2) is 10.6 Å². The number of piperazine rings is 1. The maximum Gasteiger partial charge on any atom is 0.292 e. The third-order valence-electron chi connectivity index (χ3n) is 4.08. The highest BCUT2D eigenvalue weighted by Crippen LogP contribution is 2.19. The van der Waals surface area contributed by atoms with Crippen LogP contribution >= 0.6 is 0 Å². The van der Waals surface area contributed by atoms with Crippen LogP contribution in [0.1, 0.15) is 29.1 Å². The van der Waals surface area contributed by atoms with Gasteiger partial charge in [0.15, 0.2) is 0 Å². The van der Waals surface area contributed by atoms with Gasteiger partial charge in [-0.1, -0.05) is 5.16 Å². The van der Waals surface area contributed by atoms with Gasteiger partial charge in [0.1, 0.15) is 0 Å². The first kappa shape index (κ1) is 15.4. The predicted octanol–water partition coefficient (Wildman–Crippen LogP) is 0.0814. The molecule has 0 aliphatic carbocycles. The number of hydrogen-bond donors (Lipinski definition) is 0. The molecule has 0 atom stereocenters. The van der Waals surface area contributed by atoms with Crippen LogP contribution in [0.25, 0.3) is 0 Å². The number of carbonyl (C=O) groups is 1. The Morgan fingerprint density at radius 2 is 1.68 bits per heavy atom. The molecule has 1 aromatic rings. The van der Waals surface area contributed by atoms with E-state index < -0.39 is 10.2 Å². The van der Waals surface area contributed by atoms with Crippen molar-refractivity contribution in [3.8, 4) is 0 Å². The Balaban J connectivity index is 1.61. The van der Waals surface area contributed by atoms with Crippen molar-refractivity contribution >= 4 is 16.1 Å². The van der Waals surface area contributed by atoms with Crippen molar-refractivity contribution in [3.63, 3.8) is 0 Å². The zero-order chi connectivity index (χ0) is 15.7. The maximum atomic E-state index is 12.5. The summed E-state index contributed by atoms with van der Waals surface area (Å²) in [5.74, 6) is -0.0350. The standard InChI is InChI=1S/C13H20N4O4S/c1-11-10-12(21-14-11)13(18)15-6-8-17(9-7-15)22(19,20)16-4-2-3-5-16/h10H,2-9H2,1H3. The second-order valence-electron chi connectivity index (χ2n) is 5.64. The molecule has 0 bridgehead atoms. The third-order valence-corrected chi connectivity index (χ3v) is 6.12. The monoisotopic (exact) mass is 328 g/mol. The lowest BCUT2D eigenvalue weighted by atomic mass is 10.3. The Hall–Kier alpha value is -1.45. The number of rotatable bonds is 3. The smallest absolute Gasteiger partial charge is 0.292 e. The van der Waals surface area contributed by atoms with Crippen molar-refractivity contribution in [1.29, 1.82) is 0 Å². The van der Waals surface area contributed by atoms with Gasteiger partial charge in [-0.15, -0.1) is 0 Å². The van der Waals surface area contributed by atoms with Crippen LogP contribution in [0.5, 0.6) is 0 Å². The van der Waals surface area contributed by atoms with Crippen molar-refractivity contribution in [3.05, 3.63) is 17.5 Å². The molecule has 1 amide bonds. The summed E-state index contributed by atoms with van der Waals surface area (Å²) in [7, 11) is -3.38. The van der Waals surface area contributed by atoms with Gasteiger partial charge in [0.05, 0.1) is 5.69 Å². The van der Waals surface area contributed by atoms with Crippen LogP contribution in [0.4, 0.5) is 0 Å². The van der Waals surface area contributed by atoms with E-state index in [-0.39, 0.29) is 11.7 Å². The lowest BCUT2D eigenvalue weighted by Gasteiger charge is -2.35. The molecule has 0 radical (unpaired) electrons. The van der Waals surface area contributed by atoms with Crippen molar-refractivity contribution in [2.24, 2.45) is 0 Å². The SMILES string of the molecule is Cc1cc(C(=O)N2CCN(S(=O)(=O)N3CCCC3)CC2)on1. The number of aromatic nitrogens is 1. The Morgan fingerprint density at radius 3 is 2.23 bits per heavy atom. The van der Waals surface area contributed by atoms with Crippen molar-refractivity contribution < 1.29 is 17.7 Å². The van der Waals surface area contributed by atoms with Crippen LogP contribution < -0.4 is 0 Å². The molecule has 122 valence electrons. The molecule has 3 rings (SSSR count). The van der Waals surface area contributed by atoms with Crippen molar-refractivity contribution in [2.45, 2.75) is 19.8 Å². The molecule has 2 aliphatic heterocycles. The Bertz CT molecular complexity index is 643. The van der Waals surface area contributed by atoms with Gasteiger partial charge >= 0.3 is 0 Å². The molecule has 9 heteroatoms. The normalized spacial score (nSPS) is 21.4. The number of nitrogens with zero attached hydrogens (tertiary/aromatic N) is 4. The maximum absolute atomic E-state index is 12.5. The van der Waals surface area contributed by atoms with Gasteiger partial charge in [-0.3, -0.25) is 4.79 Å². The van der Waals surface area contributed by atoms with Gasteiger partial charge in [0.2, 0.25) is 5.76 Å². The summed E-state index contributed by atoms with van der Waals surface area (Å²) in [6.07, 6.45) is 1.84. The predicted molar refractivity (Wildman–Crippen MR) is 78.4 cm³/mol. The summed E-state index contributed by atoms with van der Waals surface area (Å²) in [5.41, 5.74) is 0.651. The van der Waals surface area contributed by atoms with Crippen LogP contribution in [0, 0.1) is 6.92 Å². The number of amides is 1. The number of carbonyl (C=O) groups excluding carboxylic acids is 1. The molecular weight excluding hydrogens is 308 g/mol. The molecule has 8 nitrogen and oxygen atoms in total. The average molecular weight is 328 g/mol. The van der Waals surface area contributed by atoms with Gasteiger partial charge in [-0.05, 0) is 19.8 Å². The zero-order valence-corrected chi connectivity index (χ0v) is 13.4. The van der Waals surface area contributed by atoms with E-state index in [1.165, 1.54) is 8.61 Å². The second-order valence-corrected chi connectivity index (χ2v) is 7.57. The summed E-state index contributed by atoms with van der Waals surface area (Å²) in [5, 5.41) is 3.70. The number of hydrogen-bond acceptors (Lipinski definition) is 5. The topological polar surface area (TPSA) is 87.0 Å². The molecule has 2 saturated heterocycles. The minimum absolute atomic E-state index is 0.202. The number of aryl methyl sites for hydroxylation is 1. The lowest BCUT2D eigenvalue weighted by Crippen LogP contribution is -2.53. The molecule has 2 aliphatic rings. The molecule has 22 heavy (non-hydrogen) atoms. The first-order valence-electron chi connectivity index (χ1n) is 7.46. The van der Waals surface area contributed by atoms with Gasteiger partial charge in [-0.2, -0.15) is 17.0 Å². The highest BCUT2D eigenvalue weighted by molar-refractivity contribution is 7.86. The quantitative estimate of drug-likeness (QED) is 0.784. The lowest BCUT2D eigenvalue weighted by molar-refractivity contribution is 0.0653. The first-order valence-corrected chi connectivity index (χ1v) is 8.86. The fraction of sp³-hybridized carbons (Fsp3) is 0.692. The average Bonchev–Trinajstić information content (AvgIpc) is 3.18. The van der Waals surface area contributed by atoms with Crippen LogP contribution in [0.2, 0.25) is 0 Å². The first-order chi connectivity index (χ1) is 10.5.